The fourth-order valence-electron chi connectivity index (χ4n) is 3.09. The Balaban J connectivity index is 1.59. The fourth-order valence-corrected chi connectivity index (χ4v) is 3.09. The number of aromatic nitrogens is 3. The lowest BCUT2D eigenvalue weighted by Gasteiger charge is -2.32. The second kappa shape index (κ2) is 6.95. The number of anilines is 1. The molecule has 1 atom stereocenters. The molecule has 3 aromatic rings. The highest BCUT2D eigenvalue weighted by atomic mass is 19.2. The maximum atomic E-state index is 13.4. The number of amides is 2. The summed E-state index contributed by atoms with van der Waals surface area (Å²) in [5.41, 5.74) is 1.69. The molecule has 0 bridgehead atoms. The number of hydrogen-bond donors (Lipinski definition) is 1. The van der Waals surface area contributed by atoms with Gasteiger partial charge < -0.3 is 14.7 Å². The molecule has 0 spiro atoms. The number of carbonyl (C=O) groups excluding carboxylic acids is 1. The molecular weight excluding hydrogens is 375 g/mol. The zero-order valence-electron chi connectivity index (χ0n) is 14.6. The van der Waals surface area contributed by atoms with E-state index < -0.39 is 23.5 Å². The van der Waals surface area contributed by atoms with Gasteiger partial charge in [0.25, 0.3) is 0 Å². The van der Waals surface area contributed by atoms with Crippen LogP contribution in [0.1, 0.15) is 18.2 Å². The molecule has 2 amide bonds. The molecule has 1 aliphatic heterocycles. The summed E-state index contributed by atoms with van der Waals surface area (Å²) >= 11 is 0. The van der Waals surface area contributed by atoms with Crippen molar-refractivity contribution in [3.63, 3.8) is 0 Å². The molecule has 1 aliphatic rings. The van der Waals surface area contributed by atoms with E-state index in [0.717, 1.165) is 12.1 Å². The van der Waals surface area contributed by atoms with Crippen molar-refractivity contribution in [3.05, 3.63) is 59.4 Å². The van der Waals surface area contributed by atoms with Crippen molar-refractivity contribution in [1.82, 2.24) is 20.0 Å². The molecule has 3 heterocycles. The molecule has 0 saturated carbocycles. The molecule has 10 heteroatoms. The van der Waals surface area contributed by atoms with Crippen LogP contribution in [0.2, 0.25) is 0 Å². The molecule has 0 aliphatic carbocycles. The molecule has 1 aromatic carbocycles. The first-order chi connectivity index (χ1) is 13.4. The minimum absolute atomic E-state index is 0.157. The van der Waals surface area contributed by atoms with E-state index in [1.54, 1.807) is 0 Å². The number of halogens is 3. The fraction of sp³-hybridized carbons (Fsp3) is 0.222. The van der Waals surface area contributed by atoms with E-state index in [0.29, 0.717) is 29.1 Å². The topological polar surface area (TPSA) is 84.2 Å². The monoisotopic (exact) mass is 389 g/mol. The van der Waals surface area contributed by atoms with Crippen molar-refractivity contribution in [1.29, 1.82) is 0 Å². The summed E-state index contributed by atoms with van der Waals surface area (Å²) in [4.78, 5) is 22.3. The van der Waals surface area contributed by atoms with E-state index in [9.17, 15) is 18.0 Å². The third-order valence-corrected chi connectivity index (χ3v) is 4.51. The number of fused-ring (bicyclic) bond motifs is 1. The molecule has 2 aromatic heterocycles. The molecule has 144 valence electrons. The number of nitrogens with one attached hydrogen (secondary N) is 1. The third kappa shape index (κ3) is 3.17. The lowest BCUT2D eigenvalue weighted by atomic mass is 9.99. The average molecular weight is 389 g/mol. The van der Waals surface area contributed by atoms with Crippen molar-refractivity contribution in [2.75, 3.05) is 5.32 Å². The normalized spacial score (nSPS) is 16.0. The molecular formula is C18H14F3N5O2. The van der Waals surface area contributed by atoms with Crippen molar-refractivity contribution < 1.29 is 22.5 Å². The number of urea groups is 1. The van der Waals surface area contributed by atoms with Crippen molar-refractivity contribution in [2.24, 2.45) is 0 Å². The molecule has 0 radical (unpaired) electrons. The molecule has 28 heavy (non-hydrogen) atoms. The summed E-state index contributed by atoms with van der Waals surface area (Å²) in [5.74, 6) is -3.94. The zero-order valence-corrected chi connectivity index (χ0v) is 14.6. The van der Waals surface area contributed by atoms with Gasteiger partial charge in [-0.25, -0.2) is 22.9 Å². The van der Waals surface area contributed by atoms with Crippen LogP contribution in [0.5, 0.6) is 0 Å². The Kier molecular flexibility index (Phi) is 4.46. The van der Waals surface area contributed by atoms with Crippen LogP contribution in [0.4, 0.5) is 23.7 Å². The van der Waals surface area contributed by atoms with E-state index in [2.05, 4.69) is 20.4 Å². The Morgan fingerprint density at radius 1 is 1.25 bits per heavy atom. The van der Waals surface area contributed by atoms with Gasteiger partial charge in [0.2, 0.25) is 0 Å². The van der Waals surface area contributed by atoms with Gasteiger partial charge in [0.05, 0.1) is 18.4 Å². The highest BCUT2D eigenvalue weighted by molar-refractivity contribution is 5.89. The lowest BCUT2D eigenvalue weighted by Crippen LogP contribution is -2.44. The van der Waals surface area contributed by atoms with E-state index in [4.69, 9.17) is 4.52 Å². The highest BCUT2D eigenvalue weighted by Gasteiger charge is 2.32. The minimum atomic E-state index is -1.59. The van der Waals surface area contributed by atoms with Crippen molar-refractivity contribution >= 4 is 11.7 Å². The smallest absolute Gasteiger partial charge is 0.322 e. The Bertz CT molecular complexity index is 1020. The van der Waals surface area contributed by atoms with Crippen LogP contribution < -0.4 is 5.32 Å². The third-order valence-electron chi connectivity index (χ3n) is 4.51. The van der Waals surface area contributed by atoms with Gasteiger partial charge in [-0.2, -0.15) is 0 Å². The highest BCUT2D eigenvalue weighted by Crippen LogP contribution is 2.31. The Labute approximate surface area is 157 Å². The molecule has 0 fully saturated rings. The SMILES string of the molecule is C[C@H]1Cc2noc(-c3cnccn3)c2CN1C(=O)Nc1cc(F)c(F)c(F)c1. The number of hydrogen-bond acceptors (Lipinski definition) is 5. The first-order valence-corrected chi connectivity index (χ1v) is 8.40. The molecule has 7 nitrogen and oxygen atoms in total. The van der Waals surface area contributed by atoms with E-state index in [1.165, 1.54) is 23.5 Å². The van der Waals surface area contributed by atoms with E-state index in [-0.39, 0.29) is 18.3 Å². The Morgan fingerprint density at radius 3 is 2.68 bits per heavy atom. The first-order valence-electron chi connectivity index (χ1n) is 8.40. The maximum Gasteiger partial charge on any atom is 0.322 e. The summed E-state index contributed by atoms with van der Waals surface area (Å²) in [6.07, 6.45) is 4.98. The zero-order chi connectivity index (χ0) is 19.8. The van der Waals surface area contributed by atoms with E-state index in [1.807, 2.05) is 6.92 Å². The van der Waals surface area contributed by atoms with Crippen LogP contribution in [-0.4, -0.2) is 32.1 Å². The second-order valence-electron chi connectivity index (χ2n) is 6.39. The van der Waals surface area contributed by atoms with Crippen LogP contribution in [0.3, 0.4) is 0 Å². The van der Waals surface area contributed by atoms with Crippen LogP contribution >= 0.6 is 0 Å². The largest absolute Gasteiger partial charge is 0.354 e. The number of rotatable bonds is 2. The summed E-state index contributed by atoms with van der Waals surface area (Å²) in [6.45, 7) is 1.97. The van der Waals surface area contributed by atoms with Gasteiger partial charge >= 0.3 is 6.03 Å². The predicted octanol–water partition coefficient (Wildman–Crippen LogP) is 3.53. The van der Waals surface area contributed by atoms with Crippen LogP contribution in [0.15, 0.2) is 35.2 Å². The number of carbonyl (C=O) groups is 1. The van der Waals surface area contributed by atoms with Gasteiger partial charge in [-0.3, -0.25) is 4.98 Å². The van der Waals surface area contributed by atoms with E-state index >= 15 is 0 Å². The van der Waals surface area contributed by atoms with Crippen molar-refractivity contribution in [2.45, 2.75) is 25.9 Å². The van der Waals surface area contributed by atoms with Crippen LogP contribution in [0.25, 0.3) is 11.5 Å². The quantitative estimate of drug-likeness (QED) is 0.678. The second-order valence-corrected chi connectivity index (χ2v) is 6.39. The van der Waals surface area contributed by atoms with Gasteiger partial charge in [-0.05, 0) is 6.92 Å². The molecule has 1 N–H and O–H groups in total. The summed E-state index contributed by atoms with van der Waals surface area (Å²) in [7, 11) is 0. The molecule has 0 saturated heterocycles. The van der Waals surface area contributed by atoms with Gasteiger partial charge in [-0.15, -0.1) is 0 Å². The summed E-state index contributed by atoms with van der Waals surface area (Å²) in [6, 6.07) is 0.610. The van der Waals surface area contributed by atoms with Crippen LogP contribution in [0, 0.1) is 17.5 Å². The Morgan fingerprint density at radius 2 is 2.00 bits per heavy atom. The number of benzene rings is 1. The standard InChI is InChI=1S/C18H14F3N5O2/c1-9-4-14-11(17(28-25-14)15-7-22-2-3-23-15)8-26(9)18(27)24-10-5-12(19)16(21)13(20)6-10/h2-3,5-7,9H,4,8H2,1H3,(H,24,27)/t9-/m0/s1. The Hall–Kier alpha value is -3.43. The van der Waals surface area contributed by atoms with Gasteiger partial charge in [0, 0.05) is 48.2 Å². The summed E-state index contributed by atoms with van der Waals surface area (Å²) < 4.78 is 45.3. The minimum Gasteiger partial charge on any atom is -0.354 e. The summed E-state index contributed by atoms with van der Waals surface area (Å²) in [5, 5.41) is 6.45. The van der Waals surface area contributed by atoms with Gasteiger partial charge in [-0.1, -0.05) is 5.16 Å². The first kappa shape index (κ1) is 18.0. The van der Waals surface area contributed by atoms with Crippen molar-refractivity contribution in [3.8, 4) is 11.5 Å². The van der Waals surface area contributed by atoms with Gasteiger partial charge in [0.1, 0.15) is 5.69 Å². The maximum absolute atomic E-state index is 13.4. The van der Waals surface area contributed by atoms with Gasteiger partial charge in [0.15, 0.2) is 23.2 Å². The number of nitrogens with zero attached hydrogens (tertiary/aromatic N) is 4. The predicted molar refractivity (Wildman–Crippen MR) is 91.6 cm³/mol. The van der Waals surface area contributed by atoms with Crippen LogP contribution in [-0.2, 0) is 13.0 Å². The molecule has 4 rings (SSSR count). The molecule has 0 unspecified atom stereocenters. The average Bonchev–Trinajstić information content (AvgIpc) is 3.08. The lowest BCUT2D eigenvalue weighted by molar-refractivity contribution is 0.182.